The van der Waals surface area contributed by atoms with Gasteiger partial charge in [-0.25, -0.2) is 4.79 Å². The molecular formula is C15H18N2O3. The normalized spacial score (nSPS) is 16.4. The van der Waals surface area contributed by atoms with E-state index in [1.807, 2.05) is 13.1 Å². The Kier molecular flexibility index (Phi) is 4.90. The second kappa shape index (κ2) is 6.86. The van der Waals surface area contributed by atoms with Gasteiger partial charge >= 0.3 is 6.09 Å². The number of ether oxygens (including phenoxy) is 1. The van der Waals surface area contributed by atoms with Gasteiger partial charge in [-0.15, -0.1) is 0 Å². The van der Waals surface area contributed by atoms with Gasteiger partial charge in [0.2, 0.25) is 0 Å². The zero-order valence-corrected chi connectivity index (χ0v) is 11.5. The first-order valence-electron chi connectivity index (χ1n) is 6.57. The molecule has 0 spiro atoms. The van der Waals surface area contributed by atoms with Crippen LogP contribution in [0.25, 0.3) is 6.08 Å². The lowest BCUT2D eigenvalue weighted by atomic mass is 10.2. The summed E-state index contributed by atoms with van der Waals surface area (Å²) in [6, 6.07) is 7.15. The van der Waals surface area contributed by atoms with E-state index >= 15 is 0 Å². The average molecular weight is 274 g/mol. The van der Waals surface area contributed by atoms with Crippen molar-refractivity contribution in [3.8, 4) is 5.75 Å². The van der Waals surface area contributed by atoms with Crippen LogP contribution in [0.2, 0.25) is 0 Å². The van der Waals surface area contributed by atoms with Gasteiger partial charge < -0.3 is 14.5 Å². The Hall–Kier alpha value is -2.14. The topological polar surface area (TPSA) is 49.9 Å². The lowest BCUT2D eigenvalue weighted by molar-refractivity contribution is -0.104. The largest absolute Gasteiger partial charge is 0.415 e. The van der Waals surface area contributed by atoms with Crippen molar-refractivity contribution in [2.24, 2.45) is 0 Å². The molecule has 1 saturated heterocycles. The van der Waals surface area contributed by atoms with Gasteiger partial charge in [-0.05, 0) is 25.3 Å². The Morgan fingerprint density at radius 3 is 2.60 bits per heavy atom. The van der Waals surface area contributed by atoms with E-state index < -0.39 is 0 Å². The number of rotatable bonds is 3. The lowest BCUT2D eigenvalue weighted by Crippen LogP contribution is -2.48. The number of carbonyl (C=O) groups is 2. The number of hydrogen-bond acceptors (Lipinski definition) is 4. The van der Waals surface area contributed by atoms with E-state index in [4.69, 9.17) is 4.74 Å². The molecule has 1 aromatic carbocycles. The molecule has 0 atom stereocenters. The van der Waals surface area contributed by atoms with Gasteiger partial charge in [0.1, 0.15) is 12.0 Å². The van der Waals surface area contributed by atoms with Crippen LogP contribution < -0.4 is 4.74 Å². The quantitative estimate of drug-likeness (QED) is 0.621. The van der Waals surface area contributed by atoms with Crippen LogP contribution in [0.1, 0.15) is 5.56 Å². The number of piperazine rings is 1. The minimum absolute atomic E-state index is 0.343. The molecule has 0 saturated carbocycles. The number of carbonyl (C=O) groups excluding carboxylic acids is 2. The van der Waals surface area contributed by atoms with Crippen LogP contribution in [0.4, 0.5) is 4.79 Å². The van der Waals surface area contributed by atoms with Gasteiger partial charge in [0.05, 0.1) is 0 Å². The summed E-state index contributed by atoms with van der Waals surface area (Å²) in [5.74, 6) is 0.467. The Balaban J connectivity index is 2.04. The van der Waals surface area contributed by atoms with Crippen LogP contribution in [0, 0.1) is 0 Å². The lowest BCUT2D eigenvalue weighted by Gasteiger charge is -2.31. The van der Waals surface area contributed by atoms with E-state index in [1.54, 1.807) is 29.2 Å². The first kappa shape index (κ1) is 14.3. The summed E-state index contributed by atoms with van der Waals surface area (Å²) in [5, 5.41) is 0. The number of hydrogen-bond donors (Lipinski definition) is 0. The van der Waals surface area contributed by atoms with Crippen molar-refractivity contribution < 1.29 is 14.3 Å². The van der Waals surface area contributed by atoms with Crippen molar-refractivity contribution in [1.82, 2.24) is 9.80 Å². The molecule has 0 aliphatic carbocycles. The maximum absolute atomic E-state index is 12.1. The molecule has 0 radical (unpaired) electrons. The third-order valence-corrected chi connectivity index (χ3v) is 3.23. The molecule has 1 aliphatic rings. The molecule has 1 fully saturated rings. The van der Waals surface area contributed by atoms with E-state index in [2.05, 4.69) is 4.90 Å². The molecular weight excluding hydrogens is 256 g/mol. The first-order valence-corrected chi connectivity index (χ1v) is 6.57. The van der Waals surface area contributed by atoms with Gasteiger partial charge in [-0.1, -0.05) is 18.2 Å². The SMILES string of the molecule is CN1CCN(C(=O)Oc2ccccc2C=CC=O)CC1. The van der Waals surface area contributed by atoms with E-state index in [1.165, 1.54) is 6.08 Å². The molecule has 0 bridgehead atoms. The second-order valence-corrected chi connectivity index (χ2v) is 4.69. The predicted molar refractivity (Wildman–Crippen MR) is 76.6 cm³/mol. The van der Waals surface area contributed by atoms with Crippen molar-refractivity contribution in [3.63, 3.8) is 0 Å². The van der Waals surface area contributed by atoms with Crippen molar-refractivity contribution in [1.29, 1.82) is 0 Å². The number of aldehydes is 1. The summed E-state index contributed by atoms with van der Waals surface area (Å²) in [4.78, 5) is 26.3. The van der Waals surface area contributed by atoms with Crippen molar-refractivity contribution in [2.75, 3.05) is 33.2 Å². The molecule has 0 N–H and O–H groups in total. The molecule has 1 heterocycles. The molecule has 0 unspecified atom stereocenters. The summed E-state index contributed by atoms with van der Waals surface area (Å²) in [7, 11) is 2.03. The van der Waals surface area contributed by atoms with Gasteiger partial charge in [0, 0.05) is 31.7 Å². The molecule has 1 aliphatic heterocycles. The van der Waals surface area contributed by atoms with Gasteiger partial charge in [0.15, 0.2) is 0 Å². The Bertz CT molecular complexity index is 506. The van der Waals surface area contributed by atoms with Crippen molar-refractivity contribution in [2.45, 2.75) is 0 Å². The van der Waals surface area contributed by atoms with E-state index in [0.717, 1.165) is 13.1 Å². The number of allylic oxidation sites excluding steroid dienone is 1. The first-order chi connectivity index (χ1) is 9.70. The molecule has 5 nitrogen and oxygen atoms in total. The molecule has 0 aromatic heterocycles. The minimum atomic E-state index is -0.343. The van der Waals surface area contributed by atoms with E-state index in [-0.39, 0.29) is 6.09 Å². The summed E-state index contributed by atoms with van der Waals surface area (Å²) >= 11 is 0. The Morgan fingerprint density at radius 2 is 1.90 bits per heavy atom. The molecule has 20 heavy (non-hydrogen) atoms. The smallest absolute Gasteiger partial charge is 0.410 e. The monoisotopic (exact) mass is 274 g/mol. The minimum Gasteiger partial charge on any atom is -0.410 e. The summed E-state index contributed by atoms with van der Waals surface area (Å²) in [6.45, 7) is 3.03. The van der Waals surface area contributed by atoms with Crippen LogP contribution in [0.5, 0.6) is 5.75 Å². The second-order valence-electron chi connectivity index (χ2n) is 4.69. The van der Waals surface area contributed by atoms with Crippen LogP contribution in [0.15, 0.2) is 30.3 Å². The van der Waals surface area contributed by atoms with Crippen molar-refractivity contribution >= 4 is 18.5 Å². The predicted octanol–water partition coefficient (Wildman–Crippen LogP) is 1.64. The third-order valence-electron chi connectivity index (χ3n) is 3.23. The molecule has 106 valence electrons. The molecule has 1 amide bonds. The zero-order chi connectivity index (χ0) is 14.4. The van der Waals surface area contributed by atoms with Gasteiger partial charge in [-0.2, -0.15) is 0 Å². The van der Waals surface area contributed by atoms with Crippen LogP contribution in [-0.4, -0.2) is 55.4 Å². The number of para-hydroxylation sites is 1. The maximum Gasteiger partial charge on any atom is 0.415 e. The Labute approximate surface area is 118 Å². The number of nitrogens with zero attached hydrogens (tertiary/aromatic N) is 2. The number of benzene rings is 1. The highest BCUT2D eigenvalue weighted by Gasteiger charge is 2.21. The van der Waals surface area contributed by atoms with E-state index in [9.17, 15) is 9.59 Å². The zero-order valence-electron chi connectivity index (χ0n) is 11.5. The fourth-order valence-electron chi connectivity index (χ4n) is 2.00. The molecule has 5 heteroatoms. The van der Waals surface area contributed by atoms with Gasteiger partial charge in [-0.3, -0.25) is 4.79 Å². The molecule has 2 rings (SSSR count). The van der Waals surface area contributed by atoms with Crippen LogP contribution in [0.3, 0.4) is 0 Å². The van der Waals surface area contributed by atoms with Gasteiger partial charge in [0.25, 0.3) is 0 Å². The summed E-state index contributed by atoms with van der Waals surface area (Å²) in [6.07, 6.45) is 3.35. The highest BCUT2D eigenvalue weighted by molar-refractivity contribution is 5.77. The van der Waals surface area contributed by atoms with E-state index in [0.29, 0.717) is 30.7 Å². The molecule has 1 aromatic rings. The number of amides is 1. The highest BCUT2D eigenvalue weighted by Crippen LogP contribution is 2.20. The average Bonchev–Trinajstić information content (AvgIpc) is 2.47. The fraction of sp³-hybridized carbons (Fsp3) is 0.333. The summed E-state index contributed by atoms with van der Waals surface area (Å²) < 4.78 is 5.42. The highest BCUT2D eigenvalue weighted by atomic mass is 16.6. The van der Waals surface area contributed by atoms with Crippen LogP contribution in [-0.2, 0) is 4.79 Å². The van der Waals surface area contributed by atoms with Crippen LogP contribution >= 0.6 is 0 Å². The van der Waals surface area contributed by atoms with Crippen molar-refractivity contribution in [3.05, 3.63) is 35.9 Å². The number of likely N-dealkylation sites (N-methyl/N-ethyl adjacent to an activating group) is 1. The standard InChI is InChI=1S/C15H18N2O3/c1-16-8-10-17(11-9-16)15(19)20-14-7-3-2-5-13(14)6-4-12-18/h2-7,12H,8-11H2,1H3. The Morgan fingerprint density at radius 1 is 1.20 bits per heavy atom. The summed E-state index contributed by atoms with van der Waals surface area (Å²) in [5.41, 5.74) is 0.710. The fourth-order valence-corrected chi connectivity index (χ4v) is 2.00. The third kappa shape index (κ3) is 3.68. The maximum atomic E-state index is 12.1.